The van der Waals surface area contributed by atoms with Crippen LogP contribution in [0, 0.1) is 5.92 Å². The predicted molar refractivity (Wildman–Crippen MR) is 71.3 cm³/mol. The molecule has 1 N–H and O–H groups in total. The lowest BCUT2D eigenvalue weighted by Crippen LogP contribution is -2.48. The largest absolute Gasteiger partial charge is 0.393 e. The van der Waals surface area contributed by atoms with Crippen molar-refractivity contribution in [2.24, 2.45) is 5.92 Å². The highest BCUT2D eigenvalue weighted by Crippen LogP contribution is 2.27. The Kier molecular flexibility index (Phi) is 4.62. The van der Waals surface area contributed by atoms with Crippen LogP contribution in [0.4, 0.5) is 0 Å². The first-order valence-corrected chi connectivity index (χ1v) is 7.35. The van der Waals surface area contributed by atoms with Crippen LogP contribution >= 0.6 is 0 Å². The van der Waals surface area contributed by atoms with Gasteiger partial charge < -0.3 is 10.0 Å². The molecule has 4 heteroatoms. The highest BCUT2D eigenvalue weighted by atomic mass is 16.3. The molecule has 2 unspecified atom stereocenters. The van der Waals surface area contributed by atoms with Crippen molar-refractivity contribution in [2.75, 3.05) is 26.2 Å². The van der Waals surface area contributed by atoms with Crippen molar-refractivity contribution < 1.29 is 9.90 Å². The summed E-state index contributed by atoms with van der Waals surface area (Å²) >= 11 is 0. The van der Waals surface area contributed by atoms with Gasteiger partial charge in [-0.3, -0.25) is 9.69 Å². The molecule has 4 nitrogen and oxygen atoms in total. The van der Waals surface area contributed by atoms with E-state index in [0.717, 1.165) is 32.5 Å². The molecule has 0 bridgehead atoms. The van der Waals surface area contributed by atoms with Gasteiger partial charge in [0.1, 0.15) is 0 Å². The van der Waals surface area contributed by atoms with Gasteiger partial charge in [0.15, 0.2) is 0 Å². The van der Waals surface area contributed by atoms with Crippen molar-refractivity contribution in [3.05, 3.63) is 0 Å². The Hall–Kier alpha value is -0.610. The fraction of sp³-hybridized carbons (Fsp3) is 0.929. The van der Waals surface area contributed by atoms with E-state index in [1.54, 1.807) is 0 Å². The average molecular weight is 254 g/mol. The number of likely N-dealkylation sites (tertiary alicyclic amines) is 1. The van der Waals surface area contributed by atoms with Crippen LogP contribution in [-0.2, 0) is 4.79 Å². The van der Waals surface area contributed by atoms with Gasteiger partial charge in [-0.2, -0.15) is 0 Å². The Labute approximate surface area is 110 Å². The average Bonchev–Trinajstić information content (AvgIpc) is 3.17. The molecule has 104 valence electrons. The molecular weight excluding hydrogens is 228 g/mol. The van der Waals surface area contributed by atoms with Crippen LogP contribution in [0.2, 0.25) is 0 Å². The lowest BCUT2D eigenvalue weighted by atomic mass is 9.92. The summed E-state index contributed by atoms with van der Waals surface area (Å²) in [5.41, 5.74) is 0. The summed E-state index contributed by atoms with van der Waals surface area (Å²) in [6.07, 6.45) is 3.98. The Morgan fingerprint density at radius 1 is 1.33 bits per heavy atom. The van der Waals surface area contributed by atoms with E-state index in [9.17, 15) is 9.90 Å². The number of amides is 1. The van der Waals surface area contributed by atoms with Crippen molar-refractivity contribution in [2.45, 2.75) is 51.7 Å². The van der Waals surface area contributed by atoms with Crippen molar-refractivity contribution in [3.63, 3.8) is 0 Å². The van der Waals surface area contributed by atoms with Crippen LogP contribution in [0.15, 0.2) is 0 Å². The molecule has 1 saturated carbocycles. The van der Waals surface area contributed by atoms with E-state index in [4.69, 9.17) is 0 Å². The molecule has 1 aliphatic carbocycles. The SMILES string of the molecule is CCC1CN(CC(=O)N(CC)C2CC2)CCC1O. The minimum absolute atomic E-state index is 0.174. The second kappa shape index (κ2) is 6.02. The lowest BCUT2D eigenvalue weighted by Gasteiger charge is -2.36. The van der Waals surface area contributed by atoms with E-state index in [1.807, 2.05) is 4.90 Å². The van der Waals surface area contributed by atoms with E-state index in [0.29, 0.717) is 18.5 Å². The highest BCUT2D eigenvalue weighted by Gasteiger charge is 2.33. The van der Waals surface area contributed by atoms with Gasteiger partial charge in [-0.05, 0) is 38.5 Å². The molecule has 1 amide bonds. The first-order chi connectivity index (χ1) is 8.65. The molecule has 1 heterocycles. The summed E-state index contributed by atoms with van der Waals surface area (Å²) < 4.78 is 0. The van der Waals surface area contributed by atoms with Crippen LogP contribution in [0.1, 0.15) is 39.5 Å². The van der Waals surface area contributed by atoms with Crippen LogP contribution in [0.25, 0.3) is 0 Å². The number of hydrogen-bond donors (Lipinski definition) is 1. The quantitative estimate of drug-likeness (QED) is 0.799. The maximum Gasteiger partial charge on any atom is 0.236 e. The third-order valence-corrected chi connectivity index (χ3v) is 4.31. The molecule has 0 aromatic rings. The molecular formula is C14H26N2O2. The van der Waals surface area contributed by atoms with Crippen molar-refractivity contribution in [1.82, 2.24) is 9.80 Å². The summed E-state index contributed by atoms with van der Waals surface area (Å²) in [5.74, 6) is 0.605. The van der Waals surface area contributed by atoms with Crippen LogP contribution < -0.4 is 0 Å². The molecule has 1 aliphatic heterocycles. The van der Waals surface area contributed by atoms with E-state index in [1.165, 1.54) is 12.8 Å². The molecule has 0 aromatic heterocycles. The molecule has 18 heavy (non-hydrogen) atoms. The predicted octanol–water partition coefficient (Wildman–Crippen LogP) is 1.09. The Bertz CT molecular complexity index is 292. The topological polar surface area (TPSA) is 43.8 Å². The second-order valence-corrected chi connectivity index (χ2v) is 5.67. The number of piperidine rings is 1. The number of aliphatic hydroxyl groups is 1. The molecule has 0 spiro atoms. The van der Waals surface area contributed by atoms with Gasteiger partial charge >= 0.3 is 0 Å². The number of likely N-dealkylation sites (N-methyl/N-ethyl adjacent to an activating group) is 1. The zero-order valence-electron chi connectivity index (χ0n) is 11.6. The van der Waals surface area contributed by atoms with Gasteiger partial charge in [-0.15, -0.1) is 0 Å². The second-order valence-electron chi connectivity index (χ2n) is 5.67. The minimum Gasteiger partial charge on any atom is -0.393 e. The summed E-state index contributed by atoms with van der Waals surface area (Å²) in [7, 11) is 0. The Morgan fingerprint density at radius 3 is 2.61 bits per heavy atom. The summed E-state index contributed by atoms with van der Waals surface area (Å²) in [6, 6.07) is 0.514. The molecule has 2 atom stereocenters. The number of nitrogens with zero attached hydrogens (tertiary/aromatic N) is 2. The molecule has 1 saturated heterocycles. The number of aliphatic hydroxyl groups excluding tert-OH is 1. The van der Waals surface area contributed by atoms with Crippen molar-refractivity contribution in [3.8, 4) is 0 Å². The third-order valence-electron chi connectivity index (χ3n) is 4.31. The standard InChI is InChI=1S/C14H26N2O2/c1-3-11-9-15(8-7-13(11)17)10-14(18)16(4-2)12-5-6-12/h11-13,17H,3-10H2,1-2H3. The first-order valence-electron chi connectivity index (χ1n) is 7.35. The van der Waals surface area contributed by atoms with E-state index in [2.05, 4.69) is 18.7 Å². The normalized spacial score (nSPS) is 29.3. The van der Waals surface area contributed by atoms with Gasteiger partial charge in [-0.1, -0.05) is 6.92 Å². The maximum atomic E-state index is 12.2. The van der Waals surface area contributed by atoms with Gasteiger partial charge in [0.25, 0.3) is 0 Å². The van der Waals surface area contributed by atoms with E-state index in [-0.39, 0.29) is 12.0 Å². The molecule has 0 aromatic carbocycles. The van der Waals surface area contributed by atoms with Gasteiger partial charge in [0.2, 0.25) is 5.91 Å². The van der Waals surface area contributed by atoms with Gasteiger partial charge in [-0.25, -0.2) is 0 Å². The monoisotopic (exact) mass is 254 g/mol. The highest BCUT2D eigenvalue weighted by molar-refractivity contribution is 5.78. The van der Waals surface area contributed by atoms with E-state index >= 15 is 0 Å². The van der Waals surface area contributed by atoms with E-state index < -0.39 is 0 Å². The summed E-state index contributed by atoms with van der Waals surface area (Å²) in [4.78, 5) is 16.5. The summed E-state index contributed by atoms with van der Waals surface area (Å²) in [5, 5.41) is 9.85. The van der Waals surface area contributed by atoms with Crippen molar-refractivity contribution in [1.29, 1.82) is 0 Å². The minimum atomic E-state index is -0.174. The maximum absolute atomic E-state index is 12.2. The molecule has 2 fully saturated rings. The van der Waals surface area contributed by atoms with Crippen LogP contribution in [0.3, 0.4) is 0 Å². The van der Waals surface area contributed by atoms with Gasteiger partial charge in [0.05, 0.1) is 12.6 Å². The number of carbonyl (C=O) groups excluding carboxylic acids is 1. The van der Waals surface area contributed by atoms with Crippen LogP contribution in [0.5, 0.6) is 0 Å². The molecule has 2 aliphatic rings. The first kappa shape index (κ1) is 13.8. The molecule has 2 rings (SSSR count). The third kappa shape index (κ3) is 3.23. The summed E-state index contributed by atoms with van der Waals surface area (Å²) in [6.45, 7) is 7.26. The number of hydrogen-bond acceptors (Lipinski definition) is 3. The van der Waals surface area contributed by atoms with Crippen molar-refractivity contribution >= 4 is 5.91 Å². The Balaban J connectivity index is 1.83. The molecule has 0 radical (unpaired) electrons. The smallest absolute Gasteiger partial charge is 0.236 e. The fourth-order valence-electron chi connectivity index (χ4n) is 2.95. The van der Waals surface area contributed by atoms with Gasteiger partial charge in [0, 0.05) is 25.7 Å². The zero-order valence-corrected chi connectivity index (χ0v) is 11.6. The zero-order chi connectivity index (χ0) is 13.1. The number of carbonyl (C=O) groups is 1. The lowest BCUT2D eigenvalue weighted by molar-refractivity contribution is -0.133. The fourth-order valence-corrected chi connectivity index (χ4v) is 2.95. The Morgan fingerprint density at radius 2 is 2.06 bits per heavy atom. The van der Waals surface area contributed by atoms with Crippen LogP contribution in [-0.4, -0.2) is 59.1 Å². The number of rotatable bonds is 5.